The monoisotopic (exact) mass is 428 g/mol. The zero-order valence-corrected chi connectivity index (χ0v) is 18.2. The maximum Gasteiger partial charge on any atom is 0.255 e. The maximum absolute atomic E-state index is 13.3. The van der Waals surface area contributed by atoms with E-state index >= 15 is 0 Å². The highest BCUT2D eigenvalue weighted by molar-refractivity contribution is 7.18. The predicted octanol–water partition coefficient (Wildman–Crippen LogP) is 3.83. The molecule has 2 fully saturated rings. The highest BCUT2D eigenvalue weighted by Crippen LogP contribution is 2.32. The Kier molecular flexibility index (Phi) is 4.44. The van der Waals surface area contributed by atoms with E-state index in [0.29, 0.717) is 11.8 Å². The Morgan fingerprint density at radius 1 is 1.10 bits per heavy atom. The molecule has 2 saturated heterocycles. The van der Waals surface area contributed by atoms with Gasteiger partial charge in [-0.1, -0.05) is 18.2 Å². The van der Waals surface area contributed by atoms with Gasteiger partial charge in [0.2, 0.25) is 0 Å². The molecular formula is C25H24N4OS. The highest BCUT2D eigenvalue weighted by Gasteiger charge is 2.37. The topological polar surface area (TPSA) is 48.5 Å². The van der Waals surface area contributed by atoms with Gasteiger partial charge in [-0.15, -0.1) is 11.3 Å². The Labute approximate surface area is 185 Å². The third-order valence-corrected chi connectivity index (χ3v) is 7.56. The van der Waals surface area contributed by atoms with Crippen molar-refractivity contribution in [3.8, 4) is 0 Å². The van der Waals surface area contributed by atoms with Crippen molar-refractivity contribution in [1.82, 2.24) is 20.1 Å². The number of hydrogen-bond donors (Lipinski definition) is 1. The minimum Gasteiger partial charge on any atom is -0.370 e. The highest BCUT2D eigenvalue weighted by atomic mass is 32.1. The summed E-state index contributed by atoms with van der Waals surface area (Å²) >= 11 is 1.69. The molecule has 2 aromatic rings. The standard InChI is InChI=1S/C25H24N4OS/c1-16-27-23-9-18(5-8-24(23)31-16)17-3-2-4-21-6-7-22(15-29(21)25(30)10-17)28-13-19-11-26-12-20(19)14-28/h2-10,15,19-20,26H,11-14H2,1H3/b3-2+,17-10+,21-4+/t19-,20+. The third-order valence-electron chi connectivity index (χ3n) is 6.61. The van der Waals surface area contributed by atoms with Gasteiger partial charge in [-0.25, -0.2) is 4.98 Å². The van der Waals surface area contributed by atoms with E-state index in [0.717, 1.165) is 59.2 Å². The number of allylic oxidation sites excluding steroid dienone is 6. The third kappa shape index (κ3) is 3.36. The van der Waals surface area contributed by atoms with Gasteiger partial charge in [0.1, 0.15) is 0 Å². The molecule has 156 valence electrons. The average molecular weight is 429 g/mol. The van der Waals surface area contributed by atoms with Crippen LogP contribution in [0, 0.1) is 18.8 Å². The molecular weight excluding hydrogens is 404 g/mol. The Morgan fingerprint density at radius 3 is 2.74 bits per heavy atom. The summed E-state index contributed by atoms with van der Waals surface area (Å²) in [6.45, 7) is 6.34. The Balaban J connectivity index is 1.31. The first kappa shape index (κ1) is 18.8. The lowest BCUT2D eigenvalue weighted by molar-refractivity contribution is -0.122. The molecule has 0 saturated carbocycles. The van der Waals surface area contributed by atoms with Crippen LogP contribution in [0.1, 0.15) is 10.6 Å². The van der Waals surface area contributed by atoms with E-state index < -0.39 is 0 Å². The van der Waals surface area contributed by atoms with Gasteiger partial charge in [0.15, 0.2) is 0 Å². The van der Waals surface area contributed by atoms with E-state index in [1.807, 2.05) is 37.4 Å². The van der Waals surface area contributed by atoms with Crippen LogP contribution in [0.5, 0.6) is 0 Å². The number of aromatic nitrogens is 1. The van der Waals surface area contributed by atoms with Crippen molar-refractivity contribution >= 4 is 33.0 Å². The van der Waals surface area contributed by atoms with Gasteiger partial charge in [-0.3, -0.25) is 9.69 Å². The lowest BCUT2D eigenvalue weighted by Crippen LogP contribution is -2.31. The zero-order chi connectivity index (χ0) is 20.9. The van der Waals surface area contributed by atoms with Crippen LogP contribution in [0.4, 0.5) is 0 Å². The molecule has 4 aliphatic rings. The fourth-order valence-electron chi connectivity index (χ4n) is 4.98. The predicted molar refractivity (Wildman–Crippen MR) is 125 cm³/mol. The largest absolute Gasteiger partial charge is 0.370 e. The summed E-state index contributed by atoms with van der Waals surface area (Å²) < 4.78 is 1.17. The number of carbonyl (C=O) groups is 1. The molecule has 0 aliphatic carbocycles. The molecule has 2 atom stereocenters. The van der Waals surface area contributed by atoms with E-state index in [2.05, 4.69) is 39.5 Å². The number of likely N-dealkylation sites (tertiary alicyclic amines) is 1. The molecule has 6 rings (SSSR count). The Hall–Kier alpha value is -2.96. The van der Waals surface area contributed by atoms with Crippen molar-refractivity contribution in [1.29, 1.82) is 0 Å². The first-order valence-electron chi connectivity index (χ1n) is 10.8. The molecule has 6 heteroatoms. The van der Waals surface area contributed by atoms with Crippen LogP contribution < -0.4 is 5.32 Å². The van der Waals surface area contributed by atoms with Gasteiger partial charge in [0.05, 0.1) is 20.9 Å². The lowest BCUT2D eigenvalue weighted by atomic mass is 10.0. The van der Waals surface area contributed by atoms with E-state index in [4.69, 9.17) is 0 Å². The number of amides is 1. The van der Waals surface area contributed by atoms with Crippen LogP contribution >= 0.6 is 11.3 Å². The summed E-state index contributed by atoms with van der Waals surface area (Å²) in [4.78, 5) is 22.1. The van der Waals surface area contributed by atoms with Crippen molar-refractivity contribution in [3.05, 3.63) is 82.8 Å². The van der Waals surface area contributed by atoms with Gasteiger partial charge >= 0.3 is 0 Å². The first-order valence-corrected chi connectivity index (χ1v) is 11.6. The normalized spacial score (nSPS) is 29.6. The molecule has 4 aliphatic heterocycles. The van der Waals surface area contributed by atoms with Gasteiger partial charge in [0, 0.05) is 44.2 Å². The van der Waals surface area contributed by atoms with E-state index in [-0.39, 0.29) is 5.91 Å². The van der Waals surface area contributed by atoms with Crippen molar-refractivity contribution in [2.45, 2.75) is 6.92 Å². The molecule has 1 N–H and O–H groups in total. The molecule has 0 bridgehead atoms. The number of rotatable bonds is 2. The van der Waals surface area contributed by atoms with Gasteiger partial charge in [-0.05, 0) is 60.3 Å². The fourth-order valence-corrected chi connectivity index (χ4v) is 5.79. The van der Waals surface area contributed by atoms with Crippen LogP contribution in [0.2, 0.25) is 0 Å². The summed E-state index contributed by atoms with van der Waals surface area (Å²) in [5.74, 6) is 1.41. The summed E-state index contributed by atoms with van der Waals surface area (Å²) in [7, 11) is 0. The molecule has 0 unspecified atom stereocenters. The molecule has 0 spiro atoms. The molecule has 1 aromatic carbocycles. The van der Waals surface area contributed by atoms with Crippen molar-refractivity contribution in [2.75, 3.05) is 26.2 Å². The van der Waals surface area contributed by atoms with E-state index in [1.54, 1.807) is 22.3 Å². The summed E-state index contributed by atoms with van der Waals surface area (Å²) in [5.41, 5.74) is 4.91. The van der Waals surface area contributed by atoms with Gasteiger partial charge < -0.3 is 10.2 Å². The number of aryl methyl sites for hydroxylation is 1. The number of nitrogens with zero attached hydrogens (tertiary/aromatic N) is 3. The molecule has 5 heterocycles. The number of nitrogens with one attached hydrogen (secondary N) is 1. The van der Waals surface area contributed by atoms with Gasteiger partial charge in [-0.2, -0.15) is 0 Å². The van der Waals surface area contributed by atoms with Crippen LogP contribution in [0.15, 0.2) is 72.2 Å². The summed E-state index contributed by atoms with van der Waals surface area (Å²) in [6, 6.07) is 6.24. The minimum absolute atomic E-state index is 0.0249. The van der Waals surface area contributed by atoms with Crippen LogP contribution in [-0.2, 0) is 4.79 Å². The number of hydrogen-bond acceptors (Lipinski definition) is 5. The number of thiazole rings is 1. The molecule has 5 nitrogen and oxygen atoms in total. The lowest BCUT2D eigenvalue weighted by Gasteiger charge is -2.29. The van der Waals surface area contributed by atoms with E-state index in [1.165, 1.54) is 4.70 Å². The van der Waals surface area contributed by atoms with Gasteiger partial charge in [0.25, 0.3) is 5.91 Å². The first-order chi connectivity index (χ1) is 15.1. The van der Waals surface area contributed by atoms with Crippen LogP contribution in [-0.4, -0.2) is 46.9 Å². The number of fused-ring (bicyclic) bond motifs is 3. The van der Waals surface area contributed by atoms with Crippen molar-refractivity contribution in [2.24, 2.45) is 11.8 Å². The zero-order valence-electron chi connectivity index (χ0n) is 17.4. The molecule has 1 aromatic heterocycles. The smallest absolute Gasteiger partial charge is 0.255 e. The number of carbonyl (C=O) groups excluding carboxylic acids is 1. The average Bonchev–Trinajstić information content (AvgIpc) is 3.44. The number of benzene rings is 1. The second kappa shape index (κ2) is 7.32. The van der Waals surface area contributed by atoms with Crippen LogP contribution in [0.25, 0.3) is 15.8 Å². The second-order valence-electron chi connectivity index (χ2n) is 8.64. The maximum atomic E-state index is 13.3. The molecule has 0 radical (unpaired) electrons. The van der Waals surface area contributed by atoms with E-state index in [9.17, 15) is 4.79 Å². The van der Waals surface area contributed by atoms with Crippen LogP contribution in [0.3, 0.4) is 0 Å². The van der Waals surface area contributed by atoms with Crippen molar-refractivity contribution in [3.63, 3.8) is 0 Å². The molecule has 1 amide bonds. The molecule has 31 heavy (non-hydrogen) atoms. The SMILES string of the molecule is Cc1nc2cc(C3=C\C(=O)N4C=C(N5C[C@H]6CNC[C@H]6C5)C=C\C4=C/C=C/3)ccc2s1. The fraction of sp³-hybridized carbons (Fsp3) is 0.280. The second-order valence-corrected chi connectivity index (χ2v) is 9.88. The Morgan fingerprint density at radius 2 is 1.90 bits per heavy atom. The Bertz CT molecular complexity index is 1220. The minimum atomic E-state index is -0.0249. The van der Waals surface area contributed by atoms with Crippen molar-refractivity contribution < 1.29 is 4.79 Å². The summed E-state index contributed by atoms with van der Waals surface area (Å²) in [5, 5.41) is 4.54. The quantitative estimate of drug-likeness (QED) is 0.790. The summed E-state index contributed by atoms with van der Waals surface area (Å²) in [6.07, 6.45) is 14.0.